The van der Waals surface area contributed by atoms with Crippen molar-refractivity contribution >= 4 is 6.08 Å². The molecule has 0 aliphatic heterocycles. The number of hydrogen-bond acceptors (Lipinski definition) is 5. The Hall–Kier alpha value is -3.75. The van der Waals surface area contributed by atoms with Crippen LogP contribution in [-0.4, -0.2) is 26.8 Å². The zero-order valence-corrected chi connectivity index (χ0v) is 19.4. The van der Waals surface area contributed by atoms with Crippen LogP contribution in [0.15, 0.2) is 83.8 Å². The van der Waals surface area contributed by atoms with E-state index in [9.17, 15) is 17.6 Å². The number of halogens is 4. The standard InChI is InChI=1S/C27H25F4N3O2/c28-26(27(29,30)31)15-4-3-7-21(26)11-14-25-34-22(19-36-25)18-35-23-12-9-20(10-13-23)6-1-2-8-24-32-16-5-17-33-24/h3-5,7,9-17,19,21H,1-2,6,8,18H2/b14-11+. The van der Waals surface area contributed by atoms with Gasteiger partial charge in [-0.15, -0.1) is 0 Å². The van der Waals surface area contributed by atoms with Crippen molar-refractivity contribution in [1.29, 1.82) is 0 Å². The fraction of sp³-hybridized carbons (Fsp3) is 0.296. The van der Waals surface area contributed by atoms with E-state index in [0.717, 1.165) is 49.7 Å². The molecule has 4 rings (SSSR count). The summed E-state index contributed by atoms with van der Waals surface area (Å²) in [5.74, 6) is 0.0622. The van der Waals surface area contributed by atoms with Gasteiger partial charge in [0, 0.05) is 24.7 Å². The largest absolute Gasteiger partial charge is 0.487 e. The first-order valence-electron chi connectivity index (χ1n) is 11.6. The first kappa shape index (κ1) is 25.3. The zero-order chi connectivity index (χ0) is 25.4. The smallest absolute Gasteiger partial charge is 0.427 e. The van der Waals surface area contributed by atoms with Gasteiger partial charge >= 0.3 is 6.18 Å². The van der Waals surface area contributed by atoms with Gasteiger partial charge in [0.25, 0.3) is 0 Å². The SMILES string of the molecule is FC(F)(F)C1(F)C=CC=CC1/C=C/c1nc(COc2ccc(CCCCc3ncccn3)cc2)co1. The molecule has 3 aromatic rings. The Balaban J connectivity index is 1.24. The number of allylic oxidation sites excluding steroid dienone is 5. The molecule has 0 bridgehead atoms. The average Bonchev–Trinajstić information content (AvgIpc) is 3.33. The van der Waals surface area contributed by atoms with Gasteiger partial charge in [-0.1, -0.05) is 36.4 Å². The zero-order valence-electron chi connectivity index (χ0n) is 19.4. The summed E-state index contributed by atoms with van der Waals surface area (Å²) in [6.45, 7) is 0.120. The third kappa shape index (κ3) is 6.47. The maximum Gasteiger partial charge on any atom is 0.427 e. The van der Waals surface area contributed by atoms with Gasteiger partial charge in [-0.3, -0.25) is 0 Å². The van der Waals surface area contributed by atoms with E-state index < -0.39 is 17.8 Å². The first-order valence-corrected chi connectivity index (χ1v) is 11.6. The lowest BCUT2D eigenvalue weighted by Crippen LogP contribution is -2.45. The molecule has 36 heavy (non-hydrogen) atoms. The number of unbranched alkanes of at least 4 members (excludes halogenated alkanes) is 1. The predicted molar refractivity (Wildman–Crippen MR) is 127 cm³/mol. The topological polar surface area (TPSA) is 61.0 Å². The van der Waals surface area contributed by atoms with Crippen LogP contribution in [0.2, 0.25) is 0 Å². The molecule has 1 aliphatic carbocycles. The molecule has 0 saturated carbocycles. The number of oxazole rings is 1. The van der Waals surface area contributed by atoms with Crippen LogP contribution in [0, 0.1) is 5.92 Å². The highest BCUT2D eigenvalue weighted by atomic mass is 19.4. The molecule has 0 N–H and O–H groups in total. The molecule has 2 unspecified atom stereocenters. The molecule has 0 amide bonds. The van der Waals surface area contributed by atoms with Crippen molar-refractivity contribution in [1.82, 2.24) is 15.0 Å². The molecule has 5 nitrogen and oxygen atoms in total. The Bertz CT molecular complexity index is 1200. The lowest BCUT2D eigenvalue weighted by molar-refractivity contribution is -0.219. The number of alkyl halides is 4. The van der Waals surface area contributed by atoms with E-state index in [2.05, 4.69) is 15.0 Å². The molecule has 188 valence electrons. The maximum absolute atomic E-state index is 14.6. The summed E-state index contributed by atoms with van der Waals surface area (Å²) in [5.41, 5.74) is -1.82. The summed E-state index contributed by atoms with van der Waals surface area (Å²) in [7, 11) is 0. The maximum atomic E-state index is 14.6. The fourth-order valence-electron chi connectivity index (χ4n) is 3.75. The van der Waals surface area contributed by atoms with E-state index in [1.54, 1.807) is 18.5 Å². The van der Waals surface area contributed by atoms with Crippen LogP contribution in [0.1, 0.15) is 35.8 Å². The number of aryl methyl sites for hydroxylation is 2. The van der Waals surface area contributed by atoms with E-state index in [1.165, 1.54) is 24.0 Å². The van der Waals surface area contributed by atoms with Crippen molar-refractivity contribution < 1.29 is 26.7 Å². The van der Waals surface area contributed by atoms with Crippen molar-refractivity contribution in [3.05, 3.63) is 102 Å². The Morgan fingerprint density at radius 1 is 1.03 bits per heavy atom. The van der Waals surface area contributed by atoms with Crippen LogP contribution < -0.4 is 4.74 Å². The van der Waals surface area contributed by atoms with Crippen molar-refractivity contribution in [3.8, 4) is 5.75 Å². The number of nitrogens with zero attached hydrogens (tertiary/aromatic N) is 3. The second-order valence-electron chi connectivity index (χ2n) is 8.38. The minimum atomic E-state index is -5.04. The van der Waals surface area contributed by atoms with Gasteiger partial charge in [0.1, 0.15) is 30.1 Å². The van der Waals surface area contributed by atoms with Crippen LogP contribution in [-0.2, 0) is 19.4 Å². The Morgan fingerprint density at radius 3 is 2.53 bits per heavy atom. The van der Waals surface area contributed by atoms with Gasteiger partial charge in [0.05, 0.1) is 0 Å². The molecule has 2 heterocycles. The van der Waals surface area contributed by atoms with E-state index >= 15 is 0 Å². The van der Waals surface area contributed by atoms with Crippen LogP contribution in [0.25, 0.3) is 6.08 Å². The Labute approximate surface area is 206 Å². The molecule has 1 aromatic carbocycles. The summed E-state index contributed by atoms with van der Waals surface area (Å²) < 4.78 is 65.1. The lowest BCUT2D eigenvalue weighted by atomic mass is 9.84. The van der Waals surface area contributed by atoms with E-state index in [4.69, 9.17) is 9.15 Å². The highest BCUT2D eigenvalue weighted by Gasteiger charge is 2.58. The number of hydrogen-bond donors (Lipinski definition) is 0. The summed E-state index contributed by atoms with van der Waals surface area (Å²) in [6, 6.07) is 9.55. The van der Waals surface area contributed by atoms with Gasteiger partial charge in [-0.2, -0.15) is 13.2 Å². The number of rotatable bonds is 10. The number of benzene rings is 1. The highest BCUT2D eigenvalue weighted by Crippen LogP contribution is 2.44. The van der Waals surface area contributed by atoms with Gasteiger partial charge in [0.2, 0.25) is 11.6 Å². The summed E-state index contributed by atoms with van der Waals surface area (Å²) >= 11 is 0. The van der Waals surface area contributed by atoms with Gasteiger partial charge < -0.3 is 9.15 Å². The van der Waals surface area contributed by atoms with Crippen LogP contribution in [0.4, 0.5) is 17.6 Å². The number of ether oxygens (including phenoxy) is 1. The van der Waals surface area contributed by atoms with Gasteiger partial charge in [0.15, 0.2) is 0 Å². The molecule has 0 spiro atoms. The van der Waals surface area contributed by atoms with Gasteiger partial charge in [-0.25, -0.2) is 19.3 Å². The average molecular weight is 500 g/mol. The van der Waals surface area contributed by atoms with Crippen LogP contribution >= 0.6 is 0 Å². The predicted octanol–water partition coefficient (Wildman–Crippen LogP) is 6.64. The van der Waals surface area contributed by atoms with Crippen molar-refractivity contribution in [2.45, 2.75) is 44.1 Å². The van der Waals surface area contributed by atoms with E-state index in [1.807, 2.05) is 24.3 Å². The Morgan fingerprint density at radius 2 is 1.78 bits per heavy atom. The molecular weight excluding hydrogens is 474 g/mol. The third-order valence-electron chi connectivity index (χ3n) is 5.75. The third-order valence-corrected chi connectivity index (χ3v) is 5.75. The summed E-state index contributed by atoms with van der Waals surface area (Å²) in [6.07, 6.45) is 10.0. The highest BCUT2D eigenvalue weighted by molar-refractivity contribution is 5.42. The molecule has 0 fully saturated rings. The van der Waals surface area contributed by atoms with Crippen molar-refractivity contribution in [3.63, 3.8) is 0 Å². The number of aromatic nitrogens is 3. The second kappa shape index (κ2) is 11.3. The molecule has 9 heteroatoms. The fourth-order valence-corrected chi connectivity index (χ4v) is 3.75. The molecule has 1 aliphatic rings. The first-order chi connectivity index (χ1) is 17.3. The Kier molecular flexibility index (Phi) is 7.97. The van der Waals surface area contributed by atoms with E-state index in [0.29, 0.717) is 17.5 Å². The van der Waals surface area contributed by atoms with E-state index in [-0.39, 0.29) is 12.5 Å². The van der Waals surface area contributed by atoms with Crippen LogP contribution in [0.5, 0.6) is 5.75 Å². The lowest BCUT2D eigenvalue weighted by Gasteiger charge is -2.31. The van der Waals surface area contributed by atoms with Gasteiger partial charge in [-0.05, 0) is 55.2 Å². The molecular formula is C27H25F4N3O2. The van der Waals surface area contributed by atoms with Crippen molar-refractivity contribution in [2.75, 3.05) is 0 Å². The minimum Gasteiger partial charge on any atom is -0.487 e. The molecule has 2 atom stereocenters. The van der Waals surface area contributed by atoms with Crippen molar-refractivity contribution in [2.24, 2.45) is 5.92 Å². The minimum absolute atomic E-state index is 0.0670. The summed E-state index contributed by atoms with van der Waals surface area (Å²) in [4.78, 5) is 12.6. The quantitative estimate of drug-likeness (QED) is 0.231. The second-order valence-corrected chi connectivity index (χ2v) is 8.38. The summed E-state index contributed by atoms with van der Waals surface area (Å²) in [5, 5.41) is 0. The molecule has 0 radical (unpaired) electrons. The molecule has 0 saturated heterocycles. The monoisotopic (exact) mass is 499 g/mol. The van der Waals surface area contributed by atoms with Crippen LogP contribution in [0.3, 0.4) is 0 Å². The molecule has 2 aromatic heterocycles. The normalized spacial score (nSPS) is 19.7.